The van der Waals surface area contributed by atoms with E-state index in [1.807, 2.05) is 31.2 Å². The quantitative estimate of drug-likeness (QED) is 0.833. The largest absolute Gasteiger partial charge is 0.238 e. The molecule has 90 valence electrons. The van der Waals surface area contributed by atoms with Gasteiger partial charge in [0.05, 0.1) is 4.91 Å². The maximum atomic E-state index is 11.4. The molecule has 1 aromatic rings. The molecule has 0 atom stereocenters. The van der Waals surface area contributed by atoms with Gasteiger partial charge < -0.3 is 0 Å². The van der Waals surface area contributed by atoms with E-state index in [2.05, 4.69) is 13.2 Å². The third kappa shape index (κ3) is 3.15. The van der Waals surface area contributed by atoms with Gasteiger partial charge in [0.15, 0.2) is 0 Å². The van der Waals surface area contributed by atoms with Gasteiger partial charge in [-0.2, -0.15) is 0 Å². The van der Waals surface area contributed by atoms with Gasteiger partial charge in [-0.3, -0.25) is 0 Å². The first-order valence-electron chi connectivity index (χ1n) is 4.99. The first-order chi connectivity index (χ1) is 7.90. The van der Waals surface area contributed by atoms with Crippen molar-refractivity contribution < 1.29 is 8.42 Å². The smallest absolute Gasteiger partial charge is 0.225 e. The van der Waals surface area contributed by atoms with Gasteiger partial charge in [0.25, 0.3) is 0 Å². The normalized spacial score (nSPS) is 12.8. The predicted molar refractivity (Wildman–Crippen MR) is 71.6 cm³/mol. The molecule has 2 N–H and O–H groups in total. The van der Waals surface area contributed by atoms with Crippen LogP contribution >= 0.6 is 0 Å². The number of primary sulfonamides is 1. The third-order valence-electron chi connectivity index (χ3n) is 2.32. The molecule has 0 aromatic heterocycles. The van der Waals surface area contributed by atoms with E-state index in [9.17, 15) is 8.42 Å². The monoisotopic (exact) mass is 249 g/mol. The van der Waals surface area contributed by atoms with Gasteiger partial charge in [-0.05, 0) is 18.6 Å². The molecule has 0 bridgehead atoms. The van der Waals surface area contributed by atoms with Crippen molar-refractivity contribution in [3.05, 3.63) is 65.6 Å². The number of benzene rings is 1. The van der Waals surface area contributed by atoms with E-state index in [4.69, 9.17) is 5.14 Å². The number of aryl methyl sites for hydroxylation is 1. The third-order valence-corrected chi connectivity index (χ3v) is 3.32. The molecule has 0 unspecified atom stereocenters. The summed E-state index contributed by atoms with van der Waals surface area (Å²) < 4.78 is 22.8. The maximum Gasteiger partial charge on any atom is 0.238 e. The lowest BCUT2D eigenvalue weighted by atomic mass is 10.0. The molecule has 0 aliphatic carbocycles. The van der Waals surface area contributed by atoms with Crippen molar-refractivity contribution in [1.82, 2.24) is 0 Å². The standard InChI is InChI=1S/C13H15NO2S/c1-4-12(13(5-2)17(14,15)16)11-8-6-10(3)7-9-11/h4-9H,1-2H2,3H3,(H2,14,15,16)/b13-12-. The number of sulfonamides is 1. The van der Waals surface area contributed by atoms with E-state index >= 15 is 0 Å². The van der Waals surface area contributed by atoms with Crippen LogP contribution in [0.5, 0.6) is 0 Å². The fourth-order valence-corrected chi connectivity index (χ4v) is 2.21. The van der Waals surface area contributed by atoms with Crippen molar-refractivity contribution in [3.63, 3.8) is 0 Å². The molecular weight excluding hydrogens is 234 g/mol. The summed E-state index contributed by atoms with van der Waals surface area (Å²) in [5.41, 5.74) is 2.30. The van der Waals surface area contributed by atoms with Crippen molar-refractivity contribution in [2.45, 2.75) is 6.92 Å². The minimum Gasteiger partial charge on any atom is -0.225 e. The highest BCUT2D eigenvalue weighted by molar-refractivity contribution is 7.93. The maximum absolute atomic E-state index is 11.4. The van der Waals surface area contributed by atoms with Crippen molar-refractivity contribution >= 4 is 15.6 Å². The summed E-state index contributed by atoms with van der Waals surface area (Å²) in [5, 5.41) is 5.13. The molecule has 0 amide bonds. The molecule has 4 heteroatoms. The summed E-state index contributed by atoms with van der Waals surface area (Å²) in [6.07, 6.45) is 2.69. The van der Waals surface area contributed by atoms with Crippen LogP contribution in [0.2, 0.25) is 0 Å². The predicted octanol–water partition coefficient (Wildman–Crippen LogP) is 2.37. The van der Waals surface area contributed by atoms with Gasteiger partial charge in [0, 0.05) is 5.57 Å². The topological polar surface area (TPSA) is 60.2 Å². The molecule has 3 nitrogen and oxygen atoms in total. The average molecular weight is 249 g/mol. The molecule has 0 spiro atoms. The molecule has 0 fully saturated rings. The van der Waals surface area contributed by atoms with Crippen molar-refractivity contribution in [2.24, 2.45) is 5.14 Å². The van der Waals surface area contributed by atoms with Crippen LogP contribution in [-0.4, -0.2) is 8.42 Å². The Balaban J connectivity index is 3.51. The Morgan fingerprint density at radius 2 is 1.71 bits per heavy atom. The van der Waals surface area contributed by atoms with Crippen molar-refractivity contribution in [2.75, 3.05) is 0 Å². The fourth-order valence-electron chi connectivity index (χ4n) is 1.47. The van der Waals surface area contributed by atoms with Crippen LogP contribution in [0.3, 0.4) is 0 Å². The summed E-state index contributed by atoms with van der Waals surface area (Å²) >= 11 is 0. The minimum atomic E-state index is -3.79. The van der Waals surface area contributed by atoms with Crippen LogP contribution in [0.15, 0.2) is 54.5 Å². The van der Waals surface area contributed by atoms with Crippen LogP contribution in [0.25, 0.3) is 5.57 Å². The molecular formula is C13H15NO2S. The average Bonchev–Trinajstić information content (AvgIpc) is 2.25. The van der Waals surface area contributed by atoms with E-state index in [0.717, 1.165) is 11.1 Å². The van der Waals surface area contributed by atoms with E-state index in [1.165, 1.54) is 12.2 Å². The van der Waals surface area contributed by atoms with Crippen LogP contribution in [-0.2, 0) is 10.0 Å². The number of nitrogens with two attached hydrogens (primary N) is 1. The van der Waals surface area contributed by atoms with E-state index in [-0.39, 0.29) is 4.91 Å². The summed E-state index contributed by atoms with van der Waals surface area (Å²) in [4.78, 5) is -0.0173. The second-order valence-corrected chi connectivity index (χ2v) is 5.13. The van der Waals surface area contributed by atoms with Crippen LogP contribution in [0.1, 0.15) is 11.1 Å². The van der Waals surface area contributed by atoms with E-state index < -0.39 is 10.0 Å². The van der Waals surface area contributed by atoms with Gasteiger partial charge in [-0.25, -0.2) is 13.6 Å². The highest BCUT2D eigenvalue weighted by atomic mass is 32.2. The lowest BCUT2D eigenvalue weighted by molar-refractivity contribution is 0.604. The molecule has 0 heterocycles. The summed E-state index contributed by atoms with van der Waals surface area (Å²) in [6, 6.07) is 7.42. The molecule has 0 saturated heterocycles. The van der Waals surface area contributed by atoms with Gasteiger partial charge in [0.1, 0.15) is 0 Å². The first kappa shape index (κ1) is 13.4. The molecule has 1 rings (SSSR count). The fraction of sp³-hybridized carbons (Fsp3) is 0.0769. The number of hydrogen-bond donors (Lipinski definition) is 1. The zero-order valence-corrected chi connectivity index (χ0v) is 10.5. The summed E-state index contributed by atoms with van der Waals surface area (Å²) in [7, 11) is -3.79. The molecule has 0 saturated carbocycles. The van der Waals surface area contributed by atoms with Crippen molar-refractivity contribution in [1.29, 1.82) is 0 Å². The second kappa shape index (κ2) is 5.12. The van der Waals surface area contributed by atoms with Crippen molar-refractivity contribution in [3.8, 4) is 0 Å². The highest BCUT2D eigenvalue weighted by Crippen LogP contribution is 2.23. The Hall–Kier alpha value is -1.65. The Kier molecular flexibility index (Phi) is 4.04. The Bertz CT molecular complexity index is 566. The van der Waals surface area contributed by atoms with Crippen LogP contribution in [0, 0.1) is 6.92 Å². The number of hydrogen-bond acceptors (Lipinski definition) is 2. The highest BCUT2D eigenvalue weighted by Gasteiger charge is 2.14. The van der Waals surface area contributed by atoms with Gasteiger partial charge in [-0.15, -0.1) is 0 Å². The minimum absolute atomic E-state index is 0.0173. The molecule has 17 heavy (non-hydrogen) atoms. The first-order valence-corrected chi connectivity index (χ1v) is 6.53. The van der Waals surface area contributed by atoms with Crippen LogP contribution in [0.4, 0.5) is 0 Å². The Labute approximate surface area is 102 Å². The van der Waals surface area contributed by atoms with Crippen LogP contribution < -0.4 is 5.14 Å². The number of rotatable bonds is 4. The summed E-state index contributed by atoms with van der Waals surface area (Å²) in [5.74, 6) is 0. The zero-order chi connectivity index (χ0) is 13.1. The molecule has 0 aliphatic heterocycles. The number of allylic oxidation sites excluding steroid dienone is 3. The Morgan fingerprint density at radius 3 is 2.06 bits per heavy atom. The second-order valence-electron chi connectivity index (χ2n) is 3.60. The van der Waals surface area contributed by atoms with Gasteiger partial charge in [-0.1, -0.05) is 49.1 Å². The zero-order valence-electron chi connectivity index (χ0n) is 9.68. The molecule has 0 aliphatic rings. The Morgan fingerprint density at radius 1 is 1.18 bits per heavy atom. The summed E-state index contributed by atoms with van der Waals surface area (Å²) in [6.45, 7) is 9.04. The SMILES string of the molecule is C=C/C(=C(\C=C)S(N)(=O)=O)c1ccc(C)cc1. The van der Waals surface area contributed by atoms with Gasteiger partial charge >= 0.3 is 0 Å². The lowest BCUT2D eigenvalue weighted by Crippen LogP contribution is -2.14. The van der Waals surface area contributed by atoms with E-state index in [1.54, 1.807) is 0 Å². The van der Waals surface area contributed by atoms with Gasteiger partial charge in [0.2, 0.25) is 10.0 Å². The molecule has 0 radical (unpaired) electrons. The van der Waals surface area contributed by atoms with E-state index in [0.29, 0.717) is 5.57 Å². The molecule has 1 aromatic carbocycles. The lowest BCUT2D eigenvalue weighted by Gasteiger charge is -2.07.